The van der Waals surface area contributed by atoms with E-state index in [9.17, 15) is 9.90 Å². The van der Waals surface area contributed by atoms with Crippen molar-refractivity contribution in [1.82, 2.24) is 5.32 Å². The second-order valence-corrected chi connectivity index (χ2v) is 5.24. The molecule has 2 unspecified atom stereocenters. The maximum atomic E-state index is 11.7. The summed E-state index contributed by atoms with van der Waals surface area (Å²) in [5.74, 6) is 0.830. The van der Waals surface area contributed by atoms with Crippen molar-refractivity contribution in [2.24, 2.45) is 0 Å². The lowest BCUT2D eigenvalue weighted by Crippen LogP contribution is -2.33. The number of aliphatic hydroxyl groups excluding tert-OH is 1. The Kier molecular flexibility index (Phi) is 4.07. The van der Waals surface area contributed by atoms with E-state index in [1.807, 2.05) is 30.5 Å². The molecule has 0 aliphatic heterocycles. The van der Waals surface area contributed by atoms with E-state index >= 15 is 0 Å². The van der Waals surface area contributed by atoms with E-state index in [1.54, 1.807) is 11.8 Å². The van der Waals surface area contributed by atoms with Gasteiger partial charge in [0.15, 0.2) is 0 Å². The number of thioether (sulfide) groups is 1. The Morgan fingerprint density at radius 2 is 2.29 bits per heavy atom. The van der Waals surface area contributed by atoms with E-state index in [0.717, 1.165) is 16.9 Å². The van der Waals surface area contributed by atoms with Crippen LogP contribution in [0.15, 0.2) is 24.3 Å². The van der Waals surface area contributed by atoms with Gasteiger partial charge in [-0.05, 0) is 17.4 Å². The molecule has 2 atom stereocenters. The monoisotopic (exact) mass is 251 g/mol. The van der Waals surface area contributed by atoms with E-state index < -0.39 is 6.10 Å². The molecule has 17 heavy (non-hydrogen) atoms. The lowest BCUT2D eigenvalue weighted by Gasteiger charge is -2.17. The Balaban J connectivity index is 2.04. The van der Waals surface area contributed by atoms with Crippen molar-refractivity contribution >= 4 is 17.7 Å². The van der Waals surface area contributed by atoms with Gasteiger partial charge in [-0.1, -0.05) is 24.3 Å². The summed E-state index contributed by atoms with van der Waals surface area (Å²) in [5.41, 5.74) is 2.19. The first kappa shape index (κ1) is 12.5. The van der Waals surface area contributed by atoms with Crippen LogP contribution in [0.25, 0.3) is 0 Å². The van der Waals surface area contributed by atoms with Crippen LogP contribution in [-0.4, -0.2) is 29.1 Å². The van der Waals surface area contributed by atoms with Crippen LogP contribution in [0.4, 0.5) is 0 Å². The largest absolute Gasteiger partial charge is 0.390 e. The van der Waals surface area contributed by atoms with E-state index in [0.29, 0.717) is 12.8 Å². The lowest BCUT2D eigenvalue weighted by molar-refractivity contribution is -0.122. The van der Waals surface area contributed by atoms with Gasteiger partial charge < -0.3 is 10.4 Å². The molecule has 0 heterocycles. The number of carbonyl (C=O) groups is 1. The topological polar surface area (TPSA) is 49.3 Å². The summed E-state index contributed by atoms with van der Waals surface area (Å²) >= 11 is 1.65. The molecule has 0 radical (unpaired) electrons. The van der Waals surface area contributed by atoms with Crippen molar-refractivity contribution in [2.75, 3.05) is 12.0 Å². The zero-order valence-corrected chi connectivity index (χ0v) is 10.7. The predicted octanol–water partition coefficient (Wildman–Crippen LogP) is 1.51. The van der Waals surface area contributed by atoms with E-state index in [-0.39, 0.29) is 11.9 Å². The van der Waals surface area contributed by atoms with Gasteiger partial charge in [0.1, 0.15) is 0 Å². The van der Waals surface area contributed by atoms with Gasteiger partial charge >= 0.3 is 0 Å². The molecule has 0 saturated carbocycles. The maximum absolute atomic E-state index is 11.7. The highest BCUT2D eigenvalue weighted by atomic mass is 32.2. The molecule has 2 rings (SSSR count). The molecule has 0 fully saturated rings. The van der Waals surface area contributed by atoms with Gasteiger partial charge in [0.25, 0.3) is 0 Å². The fourth-order valence-electron chi connectivity index (χ4n) is 2.19. The van der Waals surface area contributed by atoms with Crippen LogP contribution >= 0.6 is 11.8 Å². The number of amides is 1. The zero-order valence-electron chi connectivity index (χ0n) is 9.85. The summed E-state index contributed by atoms with van der Waals surface area (Å²) in [6, 6.07) is 7.65. The van der Waals surface area contributed by atoms with Gasteiger partial charge in [-0.2, -0.15) is 11.8 Å². The van der Waals surface area contributed by atoms with Crippen LogP contribution in [0.1, 0.15) is 23.6 Å². The third kappa shape index (κ3) is 2.82. The van der Waals surface area contributed by atoms with Crippen molar-refractivity contribution in [2.45, 2.75) is 25.0 Å². The second kappa shape index (κ2) is 5.56. The van der Waals surface area contributed by atoms with Crippen LogP contribution in [0, 0.1) is 0 Å². The first-order chi connectivity index (χ1) is 8.22. The third-order valence-corrected chi connectivity index (χ3v) is 3.67. The Morgan fingerprint density at radius 3 is 3.06 bits per heavy atom. The normalized spacial score (nSPS) is 22.2. The molecule has 4 heteroatoms. The van der Waals surface area contributed by atoms with Crippen LogP contribution in [0.2, 0.25) is 0 Å². The van der Waals surface area contributed by atoms with Crippen molar-refractivity contribution in [3.63, 3.8) is 0 Å². The fraction of sp³-hybridized carbons (Fsp3) is 0.462. The maximum Gasteiger partial charge on any atom is 0.221 e. The van der Waals surface area contributed by atoms with Crippen LogP contribution in [0.3, 0.4) is 0 Å². The Morgan fingerprint density at radius 1 is 1.53 bits per heavy atom. The van der Waals surface area contributed by atoms with Crippen molar-refractivity contribution < 1.29 is 9.90 Å². The summed E-state index contributed by atoms with van der Waals surface area (Å²) in [4.78, 5) is 11.7. The number of hydrogen-bond acceptors (Lipinski definition) is 3. The quantitative estimate of drug-likeness (QED) is 0.853. The van der Waals surface area contributed by atoms with E-state index in [4.69, 9.17) is 0 Å². The van der Waals surface area contributed by atoms with Crippen LogP contribution in [0.5, 0.6) is 0 Å². The highest BCUT2D eigenvalue weighted by Crippen LogP contribution is 2.31. The molecule has 0 saturated heterocycles. The SMILES string of the molecule is CSCCC(=O)NC1c2ccccc2CC1O. The molecule has 2 N–H and O–H groups in total. The van der Waals surface area contributed by atoms with Crippen molar-refractivity contribution in [1.29, 1.82) is 0 Å². The molecule has 0 aromatic heterocycles. The van der Waals surface area contributed by atoms with Gasteiger partial charge in [0.2, 0.25) is 5.91 Å². The Bertz CT molecular complexity index is 408. The number of rotatable bonds is 4. The first-order valence-corrected chi connectivity index (χ1v) is 7.16. The average Bonchev–Trinajstić information content (AvgIpc) is 2.64. The van der Waals surface area contributed by atoms with Gasteiger partial charge in [-0.15, -0.1) is 0 Å². The summed E-state index contributed by atoms with van der Waals surface area (Å²) in [6.07, 6.45) is 2.62. The summed E-state index contributed by atoms with van der Waals surface area (Å²) in [5, 5.41) is 12.9. The summed E-state index contributed by atoms with van der Waals surface area (Å²) < 4.78 is 0. The van der Waals surface area contributed by atoms with Gasteiger partial charge in [0.05, 0.1) is 12.1 Å². The molecule has 1 aliphatic carbocycles. The molecular weight excluding hydrogens is 234 g/mol. The molecule has 3 nitrogen and oxygen atoms in total. The number of aliphatic hydroxyl groups is 1. The Hall–Kier alpha value is -1.00. The van der Waals surface area contributed by atoms with Gasteiger partial charge in [-0.25, -0.2) is 0 Å². The molecule has 1 amide bonds. The molecule has 0 bridgehead atoms. The fourth-order valence-corrected chi connectivity index (χ4v) is 2.58. The first-order valence-electron chi connectivity index (χ1n) is 5.76. The molecule has 1 aromatic rings. The van der Waals surface area contributed by atoms with Crippen molar-refractivity contribution in [3.05, 3.63) is 35.4 Å². The summed E-state index contributed by atoms with van der Waals surface area (Å²) in [6.45, 7) is 0. The Labute approximate surface area is 106 Å². The van der Waals surface area contributed by atoms with Crippen LogP contribution in [-0.2, 0) is 11.2 Å². The highest BCUT2D eigenvalue weighted by Gasteiger charge is 2.31. The number of hydrogen-bond donors (Lipinski definition) is 2. The number of benzene rings is 1. The van der Waals surface area contributed by atoms with E-state index in [2.05, 4.69) is 5.32 Å². The predicted molar refractivity (Wildman–Crippen MR) is 70.0 cm³/mol. The number of fused-ring (bicyclic) bond motifs is 1. The zero-order chi connectivity index (χ0) is 12.3. The van der Waals surface area contributed by atoms with Gasteiger partial charge in [-0.3, -0.25) is 4.79 Å². The minimum atomic E-state index is -0.495. The standard InChI is InChI=1S/C13H17NO2S/c1-17-7-6-12(16)14-13-10-5-3-2-4-9(10)8-11(13)15/h2-5,11,13,15H,6-8H2,1H3,(H,14,16). The van der Waals surface area contributed by atoms with Crippen LogP contribution < -0.4 is 5.32 Å². The third-order valence-electron chi connectivity index (χ3n) is 3.05. The van der Waals surface area contributed by atoms with Crippen molar-refractivity contribution in [3.8, 4) is 0 Å². The molecule has 0 spiro atoms. The lowest BCUT2D eigenvalue weighted by atomic mass is 10.1. The highest BCUT2D eigenvalue weighted by molar-refractivity contribution is 7.98. The summed E-state index contributed by atoms with van der Waals surface area (Å²) in [7, 11) is 0. The number of nitrogens with one attached hydrogen (secondary N) is 1. The van der Waals surface area contributed by atoms with Gasteiger partial charge in [0, 0.05) is 18.6 Å². The molecular formula is C13H17NO2S. The smallest absolute Gasteiger partial charge is 0.221 e. The number of carbonyl (C=O) groups excluding carboxylic acids is 1. The minimum absolute atomic E-state index is 0.0140. The molecule has 1 aliphatic rings. The second-order valence-electron chi connectivity index (χ2n) is 4.26. The van der Waals surface area contributed by atoms with E-state index in [1.165, 1.54) is 0 Å². The minimum Gasteiger partial charge on any atom is -0.390 e. The molecule has 92 valence electrons. The average molecular weight is 251 g/mol. The molecule has 1 aromatic carbocycles.